The zero-order valence-electron chi connectivity index (χ0n) is 74.6. The Morgan fingerprint density at radius 2 is 0.496 bits per heavy atom. The quantitative estimate of drug-likeness (QED) is 0.0649. The number of sulfone groups is 2. The lowest BCUT2D eigenvalue weighted by Crippen LogP contribution is -2.39. The molecule has 15 rings (SSSR count). The highest BCUT2D eigenvalue weighted by Crippen LogP contribution is 2.43. The summed E-state index contributed by atoms with van der Waals surface area (Å²) in [6, 6.07) is 63.8. The van der Waals surface area contributed by atoms with Crippen LogP contribution in [0.25, 0.3) is 0 Å². The molecule has 0 amide bonds. The molecule has 10 aromatic carbocycles. The lowest BCUT2D eigenvalue weighted by atomic mass is 10.1. The maximum atomic E-state index is 13.1. The van der Waals surface area contributed by atoms with Gasteiger partial charge in [-0.15, -0.1) is 0 Å². The van der Waals surface area contributed by atoms with Crippen molar-refractivity contribution < 1.29 is 61.1 Å². The minimum atomic E-state index is -4.42. The fraction of sp³-hybridized carbons (Fsp3) is 0.350. The van der Waals surface area contributed by atoms with E-state index in [-0.39, 0.29) is 23.0 Å². The van der Waals surface area contributed by atoms with Crippen LogP contribution in [0.5, 0.6) is 0 Å². The number of rotatable bonds is 20. The number of alkyl halides is 9. The minimum Gasteiger partial charge on any atom is -0.379 e. The van der Waals surface area contributed by atoms with E-state index >= 15 is 0 Å². The van der Waals surface area contributed by atoms with Gasteiger partial charge >= 0.3 is 18.5 Å². The van der Waals surface area contributed by atoms with E-state index in [2.05, 4.69) is 126 Å². The Morgan fingerprint density at radius 1 is 0.293 bits per heavy atom. The molecule has 0 unspecified atom stereocenters. The summed E-state index contributed by atoms with van der Waals surface area (Å²) in [4.78, 5) is 20.1. The topological polar surface area (TPSA) is 213 Å². The SMILES string of the molecule is Cc1cc(C)cc(Sc2ccc(C#N)cc2CN2CCS(=O)(=O)CC2)c1.Cc1cc(C)cc(Sc2ccc(C#N)cc2CN2CCSCC2)c1.Cc1cc(Sc2ccc(C#N)cc2CN2CCOCC2)cc(C(F)(F)F)c1.Cc1cc(Sc2ccc(C#N)cc2CN2CCS(=O)(=O)CC2)cc(C(F)(F)F)c1.Cc1cc(Sc2ccc(C#N)cc2CN2CCSCC2)cc(C(F)(F)F)c1. The Hall–Kier alpha value is -8.87. The summed E-state index contributed by atoms with van der Waals surface area (Å²) in [6.07, 6.45) is -13.2. The van der Waals surface area contributed by atoms with Gasteiger partial charge in [-0.1, -0.05) is 70.9 Å². The van der Waals surface area contributed by atoms with Crippen molar-refractivity contribution in [2.24, 2.45) is 0 Å². The predicted octanol–water partition coefficient (Wildman–Crippen LogP) is 23.2. The Kier molecular flexibility index (Phi) is 38.3. The molecule has 133 heavy (non-hydrogen) atoms. The van der Waals surface area contributed by atoms with Crippen LogP contribution in [0, 0.1) is 105 Å². The number of halogens is 9. The van der Waals surface area contributed by atoms with Crippen LogP contribution < -0.4 is 0 Å². The van der Waals surface area contributed by atoms with E-state index in [4.69, 9.17) is 4.74 Å². The molecule has 5 aliphatic rings. The van der Waals surface area contributed by atoms with Gasteiger partial charge < -0.3 is 4.74 Å². The van der Waals surface area contributed by atoms with Gasteiger partial charge in [0.05, 0.1) is 111 Å². The summed E-state index contributed by atoms with van der Waals surface area (Å²) in [5, 5.41) is 46.1. The summed E-state index contributed by atoms with van der Waals surface area (Å²) >= 11 is 11.3. The number of hydrogen-bond donors (Lipinski definition) is 0. The highest BCUT2D eigenvalue weighted by molar-refractivity contribution is 8.01. The van der Waals surface area contributed by atoms with E-state index in [0.717, 1.165) is 129 Å². The predicted molar refractivity (Wildman–Crippen MR) is 516 cm³/mol. The second-order valence-corrected chi connectivity index (χ2v) is 45.6. The lowest BCUT2D eigenvalue weighted by molar-refractivity contribution is -0.138. The number of thioether (sulfide) groups is 2. The number of nitriles is 5. The van der Waals surface area contributed by atoms with Crippen molar-refractivity contribution in [3.63, 3.8) is 0 Å². The number of benzene rings is 10. The summed E-state index contributed by atoms with van der Waals surface area (Å²) in [6.45, 7) is 25.8. The second-order valence-electron chi connectivity index (χ2n) is 32.9. The molecule has 5 heterocycles. The van der Waals surface area contributed by atoms with Crippen molar-refractivity contribution in [1.29, 1.82) is 26.3 Å². The zero-order chi connectivity index (χ0) is 95.8. The molecule has 0 radical (unpaired) electrons. The van der Waals surface area contributed by atoms with Gasteiger partial charge in [-0.2, -0.15) is 89.3 Å². The van der Waals surface area contributed by atoms with Crippen LogP contribution >= 0.6 is 82.3 Å². The normalized spacial score (nSPS) is 16.1. The van der Waals surface area contributed by atoms with E-state index in [1.807, 2.05) is 88.7 Å². The first-order chi connectivity index (χ1) is 63.2. The first-order valence-electron chi connectivity index (χ1n) is 42.8. The van der Waals surface area contributed by atoms with E-state index in [1.54, 1.807) is 81.1 Å². The largest absolute Gasteiger partial charge is 0.416 e. The van der Waals surface area contributed by atoms with Crippen molar-refractivity contribution in [1.82, 2.24) is 24.5 Å². The molecule has 0 aliphatic carbocycles. The molecule has 5 fully saturated rings. The summed E-state index contributed by atoms with van der Waals surface area (Å²) < 4.78 is 170. The van der Waals surface area contributed by atoms with Gasteiger partial charge in [0.25, 0.3) is 0 Å². The van der Waals surface area contributed by atoms with E-state index in [1.165, 1.54) is 101 Å². The average Bonchev–Trinajstić information content (AvgIpc) is 0.822. The standard InChI is InChI=1S/C20H19F3N2O2S2.C20H19F3N2OS.C20H19F3N2S2.C20H22N2O2S2.C20H22N2S2/c1-14-8-17(20(21,22)23)11-18(9-14)28-19-3-2-15(12-24)10-16(19)13-25-4-6-29(26,27)7-5-25;2*1-14-8-17(20(21,22)23)11-18(9-14)27-19-3-2-15(12-24)10-16(19)13-25-4-6-26-7-5-25;1-15-9-16(2)11-19(10-15)25-20-4-3-17(13-21)12-18(20)14-22-5-7-26(23,24)8-6-22;1-15-9-16(2)11-19(10-15)24-20-4-3-17(13-21)12-18(20)14-22-5-7-23-8-6-22/h2-3,8-11H,4-7,13H2,1H3;2*2-3,8-11H,4-7,13H2,1H3;3-4,9-12H,5-8,14H2,1-2H3;3-4,9-12H,5-8,14H2,1-2H3. The highest BCUT2D eigenvalue weighted by Gasteiger charge is 2.35. The van der Waals surface area contributed by atoms with Gasteiger partial charge in [0, 0.05) is 170 Å². The average molecular weight is 1980 g/mol. The Labute approximate surface area is 804 Å². The molecular weight excluding hydrogens is 1880 g/mol. The molecule has 5 saturated heterocycles. The van der Waals surface area contributed by atoms with Crippen LogP contribution in [0.4, 0.5) is 39.5 Å². The molecule has 698 valence electrons. The summed E-state index contributed by atoms with van der Waals surface area (Å²) in [5.41, 5.74) is 12.7. The van der Waals surface area contributed by atoms with E-state index in [9.17, 15) is 82.7 Å². The molecule has 0 atom stereocenters. The molecule has 0 spiro atoms. The molecule has 0 aromatic heterocycles. The van der Waals surface area contributed by atoms with Crippen molar-refractivity contribution in [2.75, 3.05) is 125 Å². The smallest absolute Gasteiger partial charge is 0.379 e. The first kappa shape index (κ1) is 105. The zero-order valence-corrected chi connectivity index (χ0v) is 81.9. The maximum Gasteiger partial charge on any atom is 0.416 e. The minimum absolute atomic E-state index is 0.0836. The lowest BCUT2D eigenvalue weighted by Gasteiger charge is -2.27. The van der Waals surface area contributed by atoms with Crippen molar-refractivity contribution in [2.45, 2.75) is 149 Å². The third-order valence-electron chi connectivity index (χ3n) is 21.8. The van der Waals surface area contributed by atoms with Crippen LogP contribution in [0.3, 0.4) is 0 Å². The molecule has 0 N–H and O–H groups in total. The third kappa shape index (κ3) is 33.5. The highest BCUT2D eigenvalue weighted by atomic mass is 32.2. The van der Waals surface area contributed by atoms with Crippen LogP contribution in [-0.4, -0.2) is 166 Å². The molecule has 10 aromatic rings. The summed E-state index contributed by atoms with van der Waals surface area (Å²) in [7, 11) is -5.90. The number of hydrogen-bond acceptors (Lipinski definition) is 22. The number of aryl methyl sites for hydroxylation is 7. The van der Waals surface area contributed by atoms with Crippen LogP contribution in [0.2, 0.25) is 0 Å². The van der Waals surface area contributed by atoms with Gasteiger partial charge in [-0.3, -0.25) is 24.5 Å². The van der Waals surface area contributed by atoms with E-state index < -0.39 is 54.9 Å². The Bertz CT molecular complexity index is 6020. The second kappa shape index (κ2) is 48.7. The molecular formula is C100H101F9N10O5S9. The van der Waals surface area contributed by atoms with Crippen molar-refractivity contribution in [3.05, 3.63) is 293 Å². The van der Waals surface area contributed by atoms with Gasteiger partial charge in [0.1, 0.15) is 0 Å². The molecule has 33 heteroatoms. The van der Waals surface area contributed by atoms with Gasteiger partial charge in [-0.25, -0.2) is 16.8 Å². The van der Waals surface area contributed by atoms with Crippen LogP contribution in [0.1, 0.15) is 111 Å². The molecule has 0 bridgehead atoms. The van der Waals surface area contributed by atoms with Crippen LogP contribution in [0.15, 0.2) is 231 Å². The number of ether oxygens (including phenoxy) is 1. The molecule has 0 saturated carbocycles. The van der Waals surface area contributed by atoms with Crippen molar-refractivity contribution in [3.8, 4) is 30.3 Å². The van der Waals surface area contributed by atoms with Crippen molar-refractivity contribution >= 4 is 102 Å². The Morgan fingerprint density at radius 3 is 0.714 bits per heavy atom. The van der Waals surface area contributed by atoms with Gasteiger partial charge in [0.15, 0.2) is 19.7 Å². The fourth-order valence-electron chi connectivity index (χ4n) is 15.2. The third-order valence-corrected chi connectivity index (χ3v) is 32.3. The number of morpholine rings is 1. The molecule has 15 nitrogen and oxygen atoms in total. The monoisotopic (exact) mass is 1980 g/mol. The van der Waals surface area contributed by atoms with Gasteiger partial charge in [-0.05, 0) is 285 Å². The maximum absolute atomic E-state index is 13.1. The summed E-state index contributed by atoms with van der Waals surface area (Å²) in [5.74, 6) is 5.16. The first-order valence-corrected chi connectivity index (χ1v) is 52.8. The number of nitrogens with zero attached hydrogens (tertiary/aromatic N) is 10. The molecule has 5 aliphatic heterocycles. The Balaban J connectivity index is 0.000000160. The van der Waals surface area contributed by atoms with Crippen LogP contribution in [-0.2, 0) is 75.7 Å². The van der Waals surface area contributed by atoms with Gasteiger partial charge in [0.2, 0.25) is 0 Å². The fourth-order valence-corrected chi connectivity index (χ4v) is 25.2. The van der Waals surface area contributed by atoms with E-state index in [0.29, 0.717) is 119 Å².